The number of nitrogens with zero attached hydrogens (tertiary/aromatic N) is 1. The highest BCUT2D eigenvalue weighted by molar-refractivity contribution is 5.84. The average Bonchev–Trinajstić information content (AvgIpc) is 2.72. The predicted molar refractivity (Wildman–Crippen MR) is 72.3 cm³/mol. The highest BCUT2D eigenvalue weighted by atomic mass is 16.4. The van der Waals surface area contributed by atoms with Gasteiger partial charge in [-0.15, -0.1) is 0 Å². The SMILES string of the molecule is CNCC1CCCN(Cc2cc(C(=O)O)oc2C)C1. The Balaban J connectivity index is 1.98. The van der Waals surface area contributed by atoms with Gasteiger partial charge in [-0.2, -0.15) is 0 Å². The molecule has 0 radical (unpaired) electrons. The van der Waals surface area contributed by atoms with Gasteiger partial charge >= 0.3 is 5.97 Å². The number of piperidine rings is 1. The number of nitrogens with one attached hydrogen (secondary N) is 1. The van der Waals surface area contributed by atoms with Crippen LogP contribution >= 0.6 is 0 Å². The molecule has 1 atom stereocenters. The minimum atomic E-state index is -0.999. The molecule has 1 unspecified atom stereocenters. The van der Waals surface area contributed by atoms with Crippen LogP contribution in [0.2, 0.25) is 0 Å². The molecule has 1 fully saturated rings. The molecule has 1 aliphatic heterocycles. The summed E-state index contributed by atoms with van der Waals surface area (Å²) in [5, 5.41) is 12.2. The van der Waals surface area contributed by atoms with Crippen molar-refractivity contribution in [3.8, 4) is 0 Å². The summed E-state index contributed by atoms with van der Waals surface area (Å²) >= 11 is 0. The quantitative estimate of drug-likeness (QED) is 0.849. The van der Waals surface area contributed by atoms with Crippen molar-refractivity contribution in [1.82, 2.24) is 10.2 Å². The Bertz CT molecular complexity index is 440. The van der Waals surface area contributed by atoms with Crippen LogP contribution in [0.4, 0.5) is 0 Å². The third-order valence-corrected chi connectivity index (χ3v) is 3.72. The Kier molecular flexibility index (Phi) is 4.61. The Hall–Kier alpha value is -1.33. The van der Waals surface area contributed by atoms with Crippen LogP contribution in [0.25, 0.3) is 0 Å². The Labute approximate surface area is 113 Å². The monoisotopic (exact) mass is 266 g/mol. The zero-order valence-electron chi connectivity index (χ0n) is 11.6. The van der Waals surface area contributed by atoms with E-state index in [-0.39, 0.29) is 5.76 Å². The topological polar surface area (TPSA) is 65.7 Å². The molecule has 0 amide bonds. The molecule has 0 bridgehead atoms. The van der Waals surface area contributed by atoms with E-state index in [0.717, 1.165) is 31.7 Å². The summed E-state index contributed by atoms with van der Waals surface area (Å²) in [6.07, 6.45) is 2.47. The Morgan fingerprint density at radius 3 is 3.05 bits per heavy atom. The molecule has 0 aliphatic carbocycles. The first-order valence-corrected chi connectivity index (χ1v) is 6.79. The molecule has 1 aromatic heterocycles. The van der Waals surface area contributed by atoms with Crippen LogP contribution in [0.1, 0.15) is 34.7 Å². The maximum absolute atomic E-state index is 10.9. The van der Waals surface area contributed by atoms with Crippen molar-refractivity contribution >= 4 is 5.97 Å². The molecule has 2 N–H and O–H groups in total. The van der Waals surface area contributed by atoms with Gasteiger partial charge in [0, 0.05) is 18.7 Å². The lowest BCUT2D eigenvalue weighted by molar-refractivity contribution is 0.0661. The molecule has 106 valence electrons. The maximum atomic E-state index is 10.9. The molecule has 19 heavy (non-hydrogen) atoms. The van der Waals surface area contributed by atoms with Crippen molar-refractivity contribution in [2.75, 3.05) is 26.7 Å². The van der Waals surface area contributed by atoms with Gasteiger partial charge in [0.25, 0.3) is 0 Å². The number of hydrogen-bond donors (Lipinski definition) is 2. The van der Waals surface area contributed by atoms with Crippen molar-refractivity contribution < 1.29 is 14.3 Å². The zero-order valence-corrected chi connectivity index (χ0v) is 11.6. The molecule has 2 rings (SSSR count). The smallest absolute Gasteiger partial charge is 0.371 e. The van der Waals surface area contributed by atoms with Gasteiger partial charge in [0.2, 0.25) is 5.76 Å². The van der Waals surface area contributed by atoms with Gasteiger partial charge < -0.3 is 14.8 Å². The van der Waals surface area contributed by atoms with E-state index < -0.39 is 5.97 Å². The lowest BCUT2D eigenvalue weighted by atomic mass is 9.97. The van der Waals surface area contributed by atoms with Crippen LogP contribution in [0, 0.1) is 12.8 Å². The predicted octanol–water partition coefficient (Wildman–Crippen LogP) is 1.72. The van der Waals surface area contributed by atoms with Crippen LogP contribution in [0.3, 0.4) is 0 Å². The number of aryl methyl sites for hydroxylation is 1. The average molecular weight is 266 g/mol. The Morgan fingerprint density at radius 2 is 2.42 bits per heavy atom. The number of hydrogen-bond acceptors (Lipinski definition) is 4. The summed E-state index contributed by atoms with van der Waals surface area (Å²) in [5.41, 5.74) is 0.988. The fourth-order valence-corrected chi connectivity index (χ4v) is 2.77. The second-order valence-electron chi connectivity index (χ2n) is 5.30. The lowest BCUT2D eigenvalue weighted by Gasteiger charge is -2.32. The molecular weight excluding hydrogens is 244 g/mol. The van der Waals surface area contributed by atoms with E-state index in [9.17, 15) is 4.79 Å². The standard InChI is InChI=1S/C14H22N2O3/c1-10-12(6-13(19-10)14(17)18)9-16-5-3-4-11(8-16)7-15-2/h6,11,15H,3-5,7-9H2,1-2H3,(H,17,18). The van der Waals surface area contributed by atoms with Crippen LogP contribution < -0.4 is 5.32 Å². The zero-order chi connectivity index (χ0) is 13.8. The molecule has 1 aliphatic rings. The summed E-state index contributed by atoms with van der Waals surface area (Å²) in [5.74, 6) is 0.440. The van der Waals surface area contributed by atoms with Crippen molar-refractivity contribution in [3.63, 3.8) is 0 Å². The summed E-state index contributed by atoms with van der Waals surface area (Å²) in [7, 11) is 1.98. The van der Waals surface area contributed by atoms with E-state index in [1.165, 1.54) is 12.8 Å². The highest BCUT2D eigenvalue weighted by Crippen LogP contribution is 2.21. The summed E-state index contributed by atoms with van der Waals surface area (Å²) in [6, 6.07) is 1.65. The van der Waals surface area contributed by atoms with Gasteiger partial charge in [0.15, 0.2) is 0 Å². The van der Waals surface area contributed by atoms with Gasteiger partial charge in [0.1, 0.15) is 5.76 Å². The van der Waals surface area contributed by atoms with Gasteiger partial charge in [-0.3, -0.25) is 4.90 Å². The summed E-state index contributed by atoms with van der Waals surface area (Å²) < 4.78 is 5.25. The number of aromatic carboxylic acids is 1. The number of rotatable bonds is 5. The lowest BCUT2D eigenvalue weighted by Crippen LogP contribution is -2.38. The van der Waals surface area contributed by atoms with Crippen molar-refractivity contribution in [1.29, 1.82) is 0 Å². The van der Waals surface area contributed by atoms with Gasteiger partial charge in [0.05, 0.1) is 0 Å². The fourth-order valence-electron chi connectivity index (χ4n) is 2.77. The maximum Gasteiger partial charge on any atom is 0.371 e. The number of furan rings is 1. The number of carboxylic acid groups (broad SMARTS) is 1. The second kappa shape index (κ2) is 6.21. The largest absolute Gasteiger partial charge is 0.475 e. The van der Waals surface area contributed by atoms with Crippen LogP contribution in [-0.4, -0.2) is 42.7 Å². The molecule has 5 nitrogen and oxygen atoms in total. The van der Waals surface area contributed by atoms with Crippen molar-refractivity contribution in [2.24, 2.45) is 5.92 Å². The van der Waals surface area contributed by atoms with Crippen molar-refractivity contribution in [2.45, 2.75) is 26.3 Å². The van der Waals surface area contributed by atoms with E-state index in [4.69, 9.17) is 9.52 Å². The molecule has 0 saturated carbocycles. The van der Waals surface area contributed by atoms with E-state index in [1.807, 2.05) is 14.0 Å². The van der Waals surface area contributed by atoms with E-state index in [0.29, 0.717) is 11.7 Å². The van der Waals surface area contributed by atoms with E-state index in [1.54, 1.807) is 6.07 Å². The molecule has 0 aromatic carbocycles. The molecule has 5 heteroatoms. The number of carboxylic acids is 1. The first-order chi connectivity index (χ1) is 9.10. The summed E-state index contributed by atoms with van der Waals surface area (Å²) in [4.78, 5) is 13.3. The molecular formula is C14H22N2O3. The Morgan fingerprint density at radius 1 is 1.63 bits per heavy atom. The molecule has 1 aromatic rings. The number of likely N-dealkylation sites (tertiary alicyclic amines) is 1. The van der Waals surface area contributed by atoms with Gasteiger partial charge in [-0.05, 0) is 51.9 Å². The summed E-state index contributed by atoms with van der Waals surface area (Å²) in [6.45, 7) is 5.79. The first kappa shape index (κ1) is 14.1. The third kappa shape index (κ3) is 3.58. The highest BCUT2D eigenvalue weighted by Gasteiger charge is 2.21. The molecule has 1 saturated heterocycles. The van der Waals surface area contributed by atoms with Crippen LogP contribution in [0.15, 0.2) is 10.5 Å². The number of carbonyl (C=O) groups is 1. The van der Waals surface area contributed by atoms with Crippen LogP contribution in [0.5, 0.6) is 0 Å². The van der Waals surface area contributed by atoms with Gasteiger partial charge in [-0.25, -0.2) is 4.79 Å². The molecule has 2 heterocycles. The fraction of sp³-hybridized carbons (Fsp3) is 0.643. The van der Waals surface area contributed by atoms with Crippen LogP contribution in [-0.2, 0) is 6.54 Å². The minimum absolute atomic E-state index is 0.0382. The van der Waals surface area contributed by atoms with E-state index >= 15 is 0 Å². The second-order valence-corrected chi connectivity index (χ2v) is 5.30. The van der Waals surface area contributed by atoms with E-state index in [2.05, 4.69) is 10.2 Å². The first-order valence-electron chi connectivity index (χ1n) is 6.79. The third-order valence-electron chi connectivity index (χ3n) is 3.72. The minimum Gasteiger partial charge on any atom is -0.475 e. The normalized spacial score (nSPS) is 20.6. The van der Waals surface area contributed by atoms with Gasteiger partial charge in [-0.1, -0.05) is 0 Å². The van der Waals surface area contributed by atoms with Crippen molar-refractivity contribution in [3.05, 3.63) is 23.2 Å². The molecule has 0 spiro atoms.